The number of nitrogens with zero attached hydrogens (tertiary/aromatic N) is 3. The topological polar surface area (TPSA) is 112 Å². The Morgan fingerprint density at radius 3 is 2.91 bits per heavy atom. The molecule has 1 aromatic rings. The largest absolute Gasteiger partial charge is 0.463 e. The van der Waals surface area contributed by atoms with Gasteiger partial charge >= 0.3 is 5.97 Å². The standard InChI is InChI=1S/C14H20N4O5/c1-3-4-12(20)22-7-10-5-6-11(23-10)18-8-15-13(17-18)14(21)16-9(2)19/h8,10-11H,3-7H2,1-2H3,(H,16,19,21)/t10-,11?/m1/s1. The van der Waals surface area contributed by atoms with E-state index in [0.717, 1.165) is 12.8 Å². The zero-order chi connectivity index (χ0) is 16.8. The summed E-state index contributed by atoms with van der Waals surface area (Å²) in [5, 5.41) is 6.11. The molecule has 2 rings (SSSR count). The van der Waals surface area contributed by atoms with Gasteiger partial charge in [-0.2, -0.15) is 0 Å². The SMILES string of the molecule is CCCC(=O)OC[C@H]1CCC(n2cnc(C(=O)NC(C)=O)n2)O1. The average molecular weight is 324 g/mol. The lowest BCUT2D eigenvalue weighted by atomic mass is 10.2. The molecule has 0 saturated carbocycles. The molecule has 9 nitrogen and oxygen atoms in total. The van der Waals surface area contributed by atoms with Gasteiger partial charge in [-0.25, -0.2) is 9.67 Å². The molecule has 1 aliphatic rings. The van der Waals surface area contributed by atoms with Crippen molar-refractivity contribution in [1.29, 1.82) is 0 Å². The maximum absolute atomic E-state index is 11.6. The second kappa shape index (κ2) is 7.82. The number of hydrogen-bond donors (Lipinski definition) is 1. The van der Waals surface area contributed by atoms with Gasteiger partial charge in [0.25, 0.3) is 5.91 Å². The minimum atomic E-state index is -0.653. The first-order chi connectivity index (χ1) is 11.0. The highest BCUT2D eigenvalue weighted by Gasteiger charge is 2.29. The highest BCUT2D eigenvalue weighted by Crippen LogP contribution is 2.27. The number of hydrogen-bond acceptors (Lipinski definition) is 7. The van der Waals surface area contributed by atoms with Crippen molar-refractivity contribution in [3.05, 3.63) is 12.2 Å². The van der Waals surface area contributed by atoms with Crippen LogP contribution >= 0.6 is 0 Å². The minimum Gasteiger partial charge on any atom is -0.463 e. The summed E-state index contributed by atoms with van der Waals surface area (Å²) in [4.78, 5) is 37.7. The van der Waals surface area contributed by atoms with Crippen LogP contribution in [0.25, 0.3) is 0 Å². The van der Waals surface area contributed by atoms with Gasteiger partial charge in [-0.3, -0.25) is 19.7 Å². The molecule has 1 aliphatic heterocycles. The minimum absolute atomic E-state index is 0.0957. The smallest absolute Gasteiger partial charge is 0.305 e. The molecule has 9 heteroatoms. The maximum Gasteiger partial charge on any atom is 0.305 e. The third-order valence-electron chi connectivity index (χ3n) is 3.27. The third-order valence-corrected chi connectivity index (χ3v) is 3.27. The summed E-state index contributed by atoms with van der Waals surface area (Å²) in [7, 11) is 0. The first kappa shape index (κ1) is 17.1. The summed E-state index contributed by atoms with van der Waals surface area (Å²) >= 11 is 0. The second-order valence-corrected chi connectivity index (χ2v) is 5.28. The van der Waals surface area contributed by atoms with Gasteiger partial charge < -0.3 is 9.47 Å². The number of amides is 2. The fourth-order valence-corrected chi connectivity index (χ4v) is 2.20. The van der Waals surface area contributed by atoms with Crippen LogP contribution in [0.3, 0.4) is 0 Å². The van der Waals surface area contributed by atoms with Gasteiger partial charge in [-0.15, -0.1) is 5.10 Å². The van der Waals surface area contributed by atoms with Crippen LogP contribution in [-0.4, -0.2) is 45.3 Å². The Hall–Kier alpha value is -2.29. The lowest BCUT2D eigenvalue weighted by molar-refractivity contribution is -0.148. The van der Waals surface area contributed by atoms with Crippen LogP contribution in [0.2, 0.25) is 0 Å². The fraction of sp³-hybridized carbons (Fsp3) is 0.643. The van der Waals surface area contributed by atoms with E-state index < -0.39 is 11.8 Å². The van der Waals surface area contributed by atoms with E-state index in [1.807, 2.05) is 6.92 Å². The molecule has 23 heavy (non-hydrogen) atoms. The summed E-state index contributed by atoms with van der Waals surface area (Å²) in [6.45, 7) is 3.36. The molecule has 0 aromatic carbocycles. The van der Waals surface area contributed by atoms with E-state index in [2.05, 4.69) is 15.4 Å². The summed E-state index contributed by atoms with van der Waals surface area (Å²) in [6, 6.07) is 0. The molecule has 0 spiro atoms. The number of nitrogens with one attached hydrogen (secondary N) is 1. The summed E-state index contributed by atoms with van der Waals surface area (Å²) in [5.74, 6) is -1.46. The molecule has 1 fully saturated rings. The van der Waals surface area contributed by atoms with Crippen molar-refractivity contribution < 1.29 is 23.9 Å². The molecule has 1 saturated heterocycles. The monoisotopic (exact) mass is 324 g/mol. The highest BCUT2D eigenvalue weighted by molar-refractivity contribution is 6.01. The van der Waals surface area contributed by atoms with Crippen molar-refractivity contribution in [2.75, 3.05) is 6.61 Å². The van der Waals surface area contributed by atoms with Gasteiger partial charge in [0.1, 0.15) is 12.9 Å². The van der Waals surface area contributed by atoms with Gasteiger partial charge in [0.05, 0.1) is 6.10 Å². The van der Waals surface area contributed by atoms with Gasteiger partial charge in [0, 0.05) is 13.3 Å². The van der Waals surface area contributed by atoms with Crippen molar-refractivity contribution in [2.24, 2.45) is 0 Å². The molecule has 0 bridgehead atoms. The number of ether oxygens (including phenoxy) is 2. The molecule has 1 aromatic heterocycles. The summed E-state index contributed by atoms with van der Waals surface area (Å²) in [6.07, 6.45) is 3.36. The van der Waals surface area contributed by atoms with E-state index in [1.54, 1.807) is 0 Å². The van der Waals surface area contributed by atoms with E-state index in [9.17, 15) is 14.4 Å². The third kappa shape index (κ3) is 4.85. The molecule has 126 valence electrons. The van der Waals surface area contributed by atoms with E-state index >= 15 is 0 Å². The van der Waals surface area contributed by atoms with Crippen LogP contribution in [0.1, 0.15) is 56.4 Å². The molecule has 2 amide bonds. The van der Waals surface area contributed by atoms with Crippen LogP contribution < -0.4 is 5.32 Å². The van der Waals surface area contributed by atoms with Gasteiger partial charge in [0.2, 0.25) is 11.7 Å². The number of aromatic nitrogens is 3. The van der Waals surface area contributed by atoms with Gasteiger partial charge in [0.15, 0.2) is 6.23 Å². The molecule has 1 unspecified atom stereocenters. The van der Waals surface area contributed by atoms with Crippen LogP contribution in [0.15, 0.2) is 6.33 Å². The maximum atomic E-state index is 11.6. The first-order valence-corrected chi connectivity index (χ1v) is 7.53. The van der Waals surface area contributed by atoms with Crippen LogP contribution in [-0.2, 0) is 19.1 Å². The van der Waals surface area contributed by atoms with E-state index in [-0.39, 0.29) is 30.7 Å². The number of esters is 1. The molecule has 0 radical (unpaired) electrons. The van der Waals surface area contributed by atoms with Crippen molar-refractivity contribution >= 4 is 17.8 Å². The fourth-order valence-electron chi connectivity index (χ4n) is 2.20. The summed E-state index contributed by atoms with van der Waals surface area (Å²) < 4.78 is 12.3. The van der Waals surface area contributed by atoms with Crippen molar-refractivity contribution in [3.63, 3.8) is 0 Å². The quantitative estimate of drug-likeness (QED) is 0.761. The highest BCUT2D eigenvalue weighted by atomic mass is 16.6. The predicted molar refractivity (Wildman–Crippen MR) is 77.2 cm³/mol. The first-order valence-electron chi connectivity index (χ1n) is 7.53. The zero-order valence-corrected chi connectivity index (χ0v) is 13.2. The number of imide groups is 1. The lowest BCUT2D eigenvalue weighted by Crippen LogP contribution is -2.29. The number of rotatable bonds is 6. The van der Waals surface area contributed by atoms with Crippen LogP contribution in [0, 0.1) is 0 Å². The van der Waals surface area contributed by atoms with Crippen molar-refractivity contribution in [1.82, 2.24) is 20.1 Å². The Labute approximate surface area is 133 Å². The van der Waals surface area contributed by atoms with Crippen molar-refractivity contribution in [3.8, 4) is 0 Å². The number of carbonyl (C=O) groups is 3. The second-order valence-electron chi connectivity index (χ2n) is 5.28. The number of carbonyl (C=O) groups excluding carboxylic acids is 3. The summed E-state index contributed by atoms with van der Waals surface area (Å²) in [5.41, 5.74) is 0. The van der Waals surface area contributed by atoms with Gasteiger partial charge in [-0.05, 0) is 19.3 Å². The normalized spacial score (nSPS) is 20.3. The molecular weight excluding hydrogens is 304 g/mol. The Morgan fingerprint density at radius 2 is 2.22 bits per heavy atom. The molecule has 2 heterocycles. The Bertz CT molecular complexity index is 585. The Morgan fingerprint density at radius 1 is 1.43 bits per heavy atom. The molecular formula is C14H20N4O5. The predicted octanol–water partition coefficient (Wildman–Crippen LogP) is 0.575. The van der Waals surface area contributed by atoms with Crippen LogP contribution in [0.4, 0.5) is 0 Å². The Kier molecular flexibility index (Phi) is 5.80. The van der Waals surface area contributed by atoms with Gasteiger partial charge in [-0.1, -0.05) is 6.92 Å². The molecule has 2 atom stereocenters. The molecule has 0 aliphatic carbocycles. The zero-order valence-electron chi connectivity index (χ0n) is 13.2. The van der Waals surface area contributed by atoms with E-state index in [1.165, 1.54) is 17.9 Å². The van der Waals surface area contributed by atoms with E-state index in [4.69, 9.17) is 9.47 Å². The van der Waals surface area contributed by atoms with Crippen LogP contribution in [0.5, 0.6) is 0 Å². The average Bonchev–Trinajstić information content (AvgIpc) is 3.14. The van der Waals surface area contributed by atoms with Crippen molar-refractivity contribution in [2.45, 2.75) is 51.9 Å². The lowest BCUT2D eigenvalue weighted by Gasteiger charge is -2.13. The Balaban J connectivity index is 1.85. The molecule has 1 N–H and O–H groups in total. The van der Waals surface area contributed by atoms with E-state index in [0.29, 0.717) is 12.8 Å².